The number of hydrogen-bond acceptors (Lipinski definition) is 3. The van der Waals surface area contributed by atoms with Crippen molar-refractivity contribution in [1.29, 1.82) is 0 Å². The summed E-state index contributed by atoms with van der Waals surface area (Å²) < 4.78 is 0. The van der Waals surface area contributed by atoms with E-state index in [1.165, 1.54) is 12.1 Å². The van der Waals surface area contributed by atoms with Gasteiger partial charge in [0.2, 0.25) is 11.8 Å². The van der Waals surface area contributed by atoms with Gasteiger partial charge in [0.05, 0.1) is 11.1 Å². The molecule has 5 nitrogen and oxygen atoms in total. The van der Waals surface area contributed by atoms with Gasteiger partial charge in [0, 0.05) is 6.61 Å². The van der Waals surface area contributed by atoms with E-state index in [1.54, 1.807) is 19.1 Å². The summed E-state index contributed by atoms with van der Waals surface area (Å²) >= 11 is 0. The van der Waals surface area contributed by atoms with Gasteiger partial charge in [-0.1, -0.05) is 12.1 Å². The van der Waals surface area contributed by atoms with Crippen LogP contribution in [0.2, 0.25) is 0 Å². The number of aliphatic hydroxyl groups is 1. The van der Waals surface area contributed by atoms with E-state index in [0.717, 1.165) is 0 Å². The average Bonchev–Trinajstić information content (AvgIpc) is 2.19. The van der Waals surface area contributed by atoms with Crippen LogP contribution in [0.15, 0.2) is 24.3 Å². The van der Waals surface area contributed by atoms with Crippen molar-refractivity contribution in [3.8, 4) is 0 Å². The molecule has 1 aromatic carbocycles. The molecule has 0 radical (unpaired) electrons. The second-order valence-corrected chi connectivity index (χ2v) is 2.59. The third-order valence-corrected chi connectivity index (χ3v) is 1.46. The van der Waals surface area contributed by atoms with Crippen LogP contribution in [-0.2, 0) is 0 Å². The molecule has 0 aromatic heterocycles. The van der Waals surface area contributed by atoms with Crippen LogP contribution in [0.25, 0.3) is 0 Å². The Morgan fingerprint density at radius 1 is 1.13 bits per heavy atom. The molecule has 0 bridgehead atoms. The first-order chi connectivity index (χ1) is 7.04. The minimum atomic E-state index is -0.649. The Morgan fingerprint density at radius 3 is 1.60 bits per heavy atom. The number of carbonyl (C=O) groups excluding carboxylic acids is 2. The molecular formula is C10H14N2O3. The van der Waals surface area contributed by atoms with E-state index in [4.69, 9.17) is 16.6 Å². The van der Waals surface area contributed by atoms with Gasteiger partial charge in [-0.05, 0) is 19.1 Å². The first-order valence-electron chi connectivity index (χ1n) is 4.34. The number of amides is 2. The second-order valence-electron chi connectivity index (χ2n) is 2.59. The normalized spacial score (nSPS) is 8.67. The molecule has 0 aliphatic heterocycles. The van der Waals surface area contributed by atoms with Crippen molar-refractivity contribution in [3.05, 3.63) is 35.4 Å². The molecule has 0 aliphatic carbocycles. The van der Waals surface area contributed by atoms with E-state index in [1.807, 2.05) is 0 Å². The van der Waals surface area contributed by atoms with E-state index < -0.39 is 11.8 Å². The Morgan fingerprint density at radius 2 is 1.40 bits per heavy atom. The topological polar surface area (TPSA) is 106 Å². The summed E-state index contributed by atoms with van der Waals surface area (Å²) in [6, 6.07) is 6.16. The summed E-state index contributed by atoms with van der Waals surface area (Å²) in [5.74, 6) is -1.30. The standard InChI is InChI=1S/C8H8N2O2.C2H6O/c9-7(11)5-3-1-2-4-6(5)8(10)12;1-2-3/h1-4H,(H2,9,11)(H2,10,12);3H,2H2,1H3. The molecule has 1 rings (SSSR count). The van der Waals surface area contributed by atoms with E-state index in [2.05, 4.69) is 0 Å². The number of rotatable bonds is 2. The minimum Gasteiger partial charge on any atom is -0.397 e. The lowest BCUT2D eigenvalue weighted by Gasteiger charge is -2.00. The molecule has 0 saturated heterocycles. The third kappa shape index (κ3) is 4.24. The predicted molar refractivity (Wildman–Crippen MR) is 56.2 cm³/mol. The van der Waals surface area contributed by atoms with Gasteiger partial charge in [-0.15, -0.1) is 0 Å². The largest absolute Gasteiger partial charge is 0.397 e. The number of hydrogen-bond donors (Lipinski definition) is 3. The van der Waals surface area contributed by atoms with Gasteiger partial charge in [0.15, 0.2) is 0 Å². The van der Waals surface area contributed by atoms with Crippen molar-refractivity contribution in [2.45, 2.75) is 6.92 Å². The zero-order chi connectivity index (χ0) is 11.8. The van der Waals surface area contributed by atoms with Crippen LogP contribution in [-0.4, -0.2) is 23.5 Å². The predicted octanol–water partition coefficient (Wildman–Crippen LogP) is -0.117. The van der Waals surface area contributed by atoms with Gasteiger partial charge in [0.25, 0.3) is 0 Å². The lowest BCUT2D eigenvalue weighted by Crippen LogP contribution is -2.20. The zero-order valence-electron chi connectivity index (χ0n) is 8.43. The van der Waals surface area contributed by atoms with Crippen molar-refractivity contribution < 1.29 is 14.7 Å². The van der Waals surface area contributed by atoms with Crippen LogP contribution in [0, 0.1) is 0 Å². The van der Waals surface area contributed by atoms with E-state index in [0.29, 0.717) is 0 Å². The van der Waals surface area contributed by atoms with Crippen molar-refractivity contribution >= 4 is 11.8 Å². The van der Waals surface area contributed by atoms with Crippen molar-refractivity contribution in [2.75, 3.05) is 6.61 Å². The highest BCUT2D eigenvalue weighted by molar-refractivity contribution is 6.06. The molecule has 15 heavy (non-hydrogen) atoms. The molecule has 1 aromatic rings. The molecule has 5 N–H and O–H groups in total. The number of carbonyl (C=O) groups is 2. The maximum atomic E-state index is 10.7. The Labute approximate surface area is 87.7 Å². The highest BCUT2D eigenvalue weighted by Gasteiger charge is 2.10. The molecule has 5 heteroatoms. The molecule has 0 saturated carbocycles. The lowest BCUT2D eigenvalue weighted by atomic mass is 10.1. The summed E-state index contributed by atoms with van der Waals surface area (Å²) in [5, 5.41) is 7.57. The van der Waals surface area contributed by atoms with Gasteiger partial charge < -0.3 is 16.6 Å². The second kappa shape index (κ2) is 6.56. The van der Waals surface area contributed by atoms with E-state index in [-0.39, 0.29) is 17.7 Å². The Hall–Kier alpha value is -1.88. The molecule has 82 valence electrons. The first kappa shape index (κ1) is 13.1. The SMILES string of the molecule is CCO.NC(=O)c1ccccc1C(N)=O. The minimum absolute atomic E-state index is 0.157. The van der Waals surface area contributed by atoms with E-state index >= 15 is 0 Å². The number of benzene rings is 1. The summed E-state index contributed by atoms with van der Waals surface area (Å²) in [5.41, 5.74) is 10.3. The molecule has 0 fully saturated rings. The van der Waals surface area contributed by atoms with Crippen LogP contribution in [0.3, 0.4) is 0 Å². The Bertz CT molecular complexity index is 317. The fraction of sp³-hybridized carbons (Fsp3) is 0.200. The number of nitrogens with two attached hydrogens (primary N) is 2. The fourth-order valence-electron chi connectivity index (χ4n) is 0.913. The first-order valence-corrected chi connectivity index (χ1v) is 4.34. The number of primary amides is 2. The van der Waals surface area contributed by atoms with E-state index in [9.17, 15) is 9.59 Å². The quantitative estimate of drug-likeness (QED) is 0.633. The average molecular weight is 210 g/mol. The molecular weight excluding hydrogens is 196 g/mol. The zero-order valence-corrected chi connectivity index (χ0v) is 8.43. The number of aliphatic hydroxyl groups excluding tert-OH is 1. The van der Waals surface area contributed by atoms with Crippen molar-refractivity contribution in [1.82, 2.24) is 0 Å². The van der Waals surface area contributed by atoms with Gasteiger partial charge >= 0.3 is 0 Å². The molecule has 0 aliphatic rings. The van der Waals surface area contributed by atoms with Crippen molar-refractivity contribution in [2.24, 2.45) is 11.5 Å². The molecule has 0 heterocycles. The van der Waals surface area contributed by atoms with Crippen LogP contribution < -0.4 is 11.5 Å². The monoisotopic (exact) mass is 210 g/mol. The molecule has 0 atom stereocenters. The summed E-state index contributed by atoms with van der Waals surface area (Å²) in [6.07, 6.45) is 0. The van der Waals surface area contributed by atoms with Crippen LogP contribution in [0.5, 0.6) is 0 Å². The summed E-state index contributed by atoms with van der Waals surface area (Å²) in [7, 11) is 0. The fourth-order valence-corrected chi connectivity index (χ4v) is 0.913. The van der Waals surface area contributed by atoms with Crippen molar-refractivity contribution in [3.63, 3.8) is 0 Å². The molecule has 2 amide bonds. The Kier molecular flexibility index (Phi) is 5.73. The maximum absolute atomic E-state index is 10.7. The molecule has 0 spiro atoms. The van der Waals surface area contributed by atoms with Gasteiger partial charge in [-0.25, -0.2) is 0 Å². The van der Waals surface area contributed by atoms with Crippen LogP contribution in [0.4, 0.5) is 0 Å². The van der Waals surface area contributed by atoms with Gasteiger partial charge in [0.1, 0.15) is 0 Å². The van der Waals surface area contributed by atoms with Gasteiger partial charge in [-0.3, -0.25) is 9.59 Å². The smallest absolute Gasteiger partial charge is 0.249 e. The summed E-state index contributed by atoms with van der Waals surface area (Å²) in [4.78, 5) is 21.5. The lowest BCUT2D eigenvalue weighted by molar-refractivity contribution is 0.0967. The third-order valence-electron chi connectivity index (χ3n) is 1.46. The molecule has 0 unspecified atom stereocenters. The summed E-state index contributed by atoms with van der Waals surface area (Å²) in [6.45, 7) is 1.93. The van der Waals surface area contributed by atoms with Gasteiger partial charge in [-0.2, -0.15) is 0 Å². The van der Waals surface area contributed by atoms with Crippen LogP contribution in [0.1, 0.15) is 27.6 Å². The highest BCUT2D eigenvalue weighted by Crippen LogP contribution is 2.06. The van der Waals surface area contributed by atoms with Crippen LogP contribution >= 0.6 is 0 Å². The highest BCUT2D eigenvalue weighted by atomic mass is 16.2. The maximum Gasteiger partial charge on any atom is 0.249 e. The Balaban J connectivity index is 0.000000583.